The lowest BCUT2D eigenvalue weighted by atomic mass is 9.84. The van der Waals surface area contributed by atoms with Crippen LogP contribution < -0.4 is 16.1 Å². The number of carbonyl (C=O) groups is 2. The summed E-state index contributed by atoms with van der Waals surface area (Å²) >= 11 is 0. The second-order valence-electron chi connectivity index (χ2n) is 9.80. The highest BCUT2D eigenvalue weighted by molar-refractivity contribution is 5.87. The molecule has 10 heteroatoms. The molecule has 1 aliphatic heterocycles. The van der Waals surface area contributed by atoms with Gasteiger partial charge in [-0.1, -0.05) is 37.1 Å². The average molecular weight is 536 g/mol. The van der Waals surface area contributed by atoms with Crippen LogP contribution >= 0.6 is 0 Å². The Kier molecular flexibility index (Phi) is 8.51. The molecule has 0 amide bonds. The van der Waals surface area contributed by atoms with Crippen LogP contribution in [-0.4, -0.2) is 46.4 Å². The van der Waals surface area contributed by atoms with Gasteiger partial charge in [-0.05, 0) is 39.3 Å². The van der Waals surface area contributed by atoms with Crippen molar-refractivity contribution >= 4 is 23.7 Å². The number of ether oxygens (including phenoxy) is 2. The molecule has 0 radical (unpaired) electrons. The van der Waals surface area contributed by atoms with Crippen molar-refractivity contribution in [2.75, 3.05) is 25.2 Å². The molecule has 0 spiro atoms. The number of benzene rings is 1. The lowest BCUT2D eigenvalue weighted by Crippen LogP contribution is -2.42. The third-order valence-electron chi connectivity index (χ3n) is 6.45. The molecule has 206 valence electrons. The number of aromatic hydroxyl groups is 1. The first kappa shape index (κ1) is 29.0. The van der Waals surface area contributed by atoms with Crippen molar-refractivity contribution in [3.63, 3.8) is 0 Å². The molecule has 1 aromatic carbocycles. The molecule has 0 unspecified atom stereocenters. The van der Waals surface area contributed by atoms with E-state index in [1.807, 2.05) is 50.1 Å². The van der Waals surface area contributed by atoms with E-state index in [0.29, 0.717) is 0 Å². The minimum Gasteiger partial charge on any atom is -0.494 e. The minimum atomic E-state index is -0.856. The monoisotopic (exact) mass is 535 g/mol. The van der Waals surface area contributed by atoms with Crippen molar-refractivity contribution in [3.8, 4) is 5.88 Å². The second-order valence-corrected chi connectivity index (χ2v) is 9.80. The number of carbonyl (C=O) groups excluding carboxylic acids is 2. The Morgan fingerprint density at radius 3 is 2.08 bits per heavy atom. The van der Waals surface area contributed by atoms with Crippen LogP contribution in [0.5, 0.6) is 5.88 Å². The Morgan fingerprint density at radius 2 is 1.54 bits per heavy atom. The summed E-state index contributed by atoms with van der Waals surface area (Å²) in [6.07, 6.45) is 1.34. The van der Waals surface area contributed by atoms with Crippen LogP contribution in [-0.2, 0) is 37.6 Å². The van der Waals surface area contributed by atoms with Gasteiger partial charge in [-0.15, -0.1) is 0 Å². The molecule has 0 fully saturated rings. The van der Waals surface area contributed by atoms with Crippen LogP contribution in [0, 0.1) is 0 Å². The van der Waals surface area contributed by atoms with E-state index in [0.717, 1.165) is 26.1 Å². The molecular formula is C29H33N3O7. The van der Waals surface area contributed by atoms with Crippen molar-refractivity contribution in [3.05, 3.63) is 92.0 Å². The fraction of sp³-hybridized carbons (Fsp3) is 0.345. The summed E-state index contributed by atoms with van der Waals surface area (Å²) in [6.45, 7) is 13.0. The largest absolute Gasteiger partial charge is 0.494 e. The topological polar surface area (TPSA) is 120 Å². The smallest absolute Gasteiger partial charge is 0.334 e. The number of likely N-dealkylation sites (N-methyl/N-ethyl adjacent to an activating group) is 1. The molecule has 39 heavy (non-hydrogen) atoms. The molecule has 0 saturated heterocycles. The van der Waals surface area contributed by atoms with E-state index < -0.39 is 34.5 Å². The van der Waals surface area contributed by atoms with Gasteiger partial charge in [-0.2, -0.15) is 0 Å². The van der Waals surface area contributed by atoms with E-state index in [4.69, 9.17) is 9.47 Å². The molecule has 1 aromatic heterocycles. The number of fused-ring (bicyclic) bond motifs is 1. The molecule has 0 bridgehead atoms. The molecule has 0 saturated carbocycles. The molecule has 0 aliphatic carbocycles. The van der Waals surface area contributed by atoms with Crippen molar-refractivity contribution in [1.29, 1.82) is 0 Å². The summed E-state index contributed by atoms with van der Waals surface area (Å²) in [6, 6.07) is 7.88. The van der Waals surface area contributed by atoms with E-state index in [1.165, 1.54) is 19.9 Å². The maximum atomic E-state index is 13.4. The van der Waals surface area contributed by atoms with E-state index in [9.17, 15) is 24.3 Å². The molecule has 1 aliphatic rings. The average Bonchev–Trinajstić information content (AvgIpc) is 3.07. The van der Waals surface area contributed by atoms with Crippen LogP contribution in [0.3, 0.4) is 0 Å². The summed E-state index contributed by atoms with van der Waals surface area (Å²) in [4.78, 5) is 52.0. The van der Waals surface area contributed by atoms with Crippen molar-refractivity contribution in [2.45, 2.75) is 46.2 Å². The van der Waals surface area contributed by atoms with Crippen LogP contribution in [0.15, 0.2) is 69.6 Å². The number of rotatable bonds is 9. The fourth-order valence-corrected chi connectivity index (χ4v) is 4.32. The third-order valence-corrected chi connectivity index (χ3v) is 6.45. The maximum absolute atomic E-state index is 13.4. The van der Waals surface area contributed by atoms with Gasteiger partial charge in [0.1, 0.15) is 18.8 Å². The summed E-state index contributed by atoms with van der Waals surface area (Å²) in [7, 11) is 1.88. The van der Waals surface area contributed by atoms with Crippen LogP contribution in [0.4, 0.5) is 5.69 Å². The zero-order chi connectivity index (χ0) is 29.1. The van der Waals surface area contributed by atoms with Gasteiger partial charge < -0.3 is 19.5 Å². The van der Waals surface area contributed by atoms with Gasteiger partial charge in [-0.25, -0.2) is 14.4 Å². The van der Waals surface area contributed by atoms with Crippen LogP contribution in [0.1, 0.15) is 38.8 Å². The van der Waals surface area contributed by atoms with E-state index in [-0.39, 0.29) is 43.0 Å². The van der Waals surface area contributed by atoms with E-state index in [2.05, 4.69) is 18.9 Å². The highest BCUT2D eigenvalue weighted by atomic mass is 16.5. The quantitative estimate of drug-likeness (QED) is 0.296. The van der Waals surface area contributed by atoms with Crippen molar-refractivity contribution < 1.29 is 24.2 Å². The van der Waals surface area contributed by atoms with Gasteiger partial charge in [0.25, 0.3) is 5.56 Å². The Bertz CT molecular complexity index is 1530. The van der Waals surface area contributed by atoms with E-state index in [1.54, 1.807) is 0 Å². The Hall–Kier alpha value is -4.56. The summed E-state index contributed by atoms with van der Waals surface area (Å²) in [5.74, 6) is -1.92. The highest BCUT2D eigenvalue weighted by Crippen LogP contribution is 2.46. The molecule has 2 aromatic rings. The van der Waals surface area contributed by atoms with Gasteiger partial charge in [0.15, 0.2) is 0 Å². The first-order valence-electron chi connectivity index (χ1n) is 12.3. The maximum Gasteiger partial charge on any atom is 0.334 e. The molecule has 3 rings (SSSR count). The molecule has 0 atom stereocenters. The molecule has 2 heterocycles. The normalized spacial score (nSPS) is 13.4. The third kappa shape index (κ3) is 5.81. The lowest BCUT2D eigenvalue weighted by molar-refractivity contribution is -0.140. The van der Waals surface area contributed by atoms with Gasteiger partial charge in [0.2, 0.25) is 5.88 Å². The van der Waals surface area contributed by atoms with Gasteiger partial charge >= 0.3 is 17.6 Å². The summed E-state index contributed by atoms with van der Waals surface area (Å²) in [5, 5.41) is 11.0. The van der Waals surface area contributed by atoms with E-state index >= 15 is 0 Å². The lowest BCUT2D eigenvalue weighted by Gasteiger charge is -2.21. The predicted octanol–water partition coefficient (Wildman–Crippen LogP) is 2.88. The number of hydrogen-bond acceptors (Lipinski definition) is 8. The molecular weight excluding hydrogens is 502 g/mol. The van der Waals surface area contributed by atoms with Crippen LogP contribution in [0.25, 0.3) is 6.08 Å². The molecule has 1 N–H and O–H groups in total. The number of hydrogen-bond donors (Lipinski definition) is 1. The number of aromatic nitrogens is 2. The first-order valence-corrected chi connectivity index (χ1v) is 12.3. The number of allylic oxidation sites excluding steroid dienone is 1. The number of esters is 2. The SMILES string of the molecule is C=C(C)C(=O)OCCn1c(O)c(C=C=C2N(C)c3ccccc3C2(C)C)c(=O)n(CCOC(=O)C(=C)C)c1=O. The number of para-hydroxylation sites is 1. The van der Waals surface area contributed by atoms with Crippen LogP contribution in [0.2, 0.25) is 0 Å². The predicted molar refractivity (Wildman–Crippen MR) is 148 cm³/mol. The number of anilines is 1. The first-order chi connectivity index (χ1) is 18.3. The zero-order valence-electron chi connectivity index (χ0n) is 22.9. The van der Waals surface area contributed by atoms with Gasteiger partial charge in [0.05, 0.1) is 18.8 Å². The van der Waals surface area contributed by atoms with Gasteiger partial charge in [-0.3, -0.25) is 13.9 Å². The van der Waals surface area contributed by atoms with Crippen molar-refractivity contribution in [1.82, 2.24) is 9.13 Å². The molecule has 10 nitrogen and oxygen atoms in total. The number of nitrogens with zero attached hydrogens (tertiary/aromatic N) is 3. The summed E-state index contributed by atoms with van der Waals surface area (Å²) in [5.41, 5.74) is 4.03. The highest BCUT2D eigenvalue weighted by Gasteiger charge is 2.38. The minimum absolute atomic E-state index is 0.171. The second kappa shape index (κ2) is 11.4. The fourth-order valence-electron chi connectivity index (χ4n) is 4.32. The van der Waals surface area contributed by atoms with Crippen molar-refractivity contribution in [2.24, 2.45) is 0 Å². The zero-order valence-corrected chi connectivity index (χ0v) is 22.9. The Labute approximate surface area is 226 Å². The Morgan fingerprint density at radius 1 is 1.00 bits per heavy atom. The van der Waals surface area contributed by atoms with Gasteiger partial charge in [0, 0.05) is 35.4 Å². The Balaban J connectivity index is 2.09. The summed E-state index contributed by atoms with van der Waals surface area (Å²) < 4.78 is 11.9. The standard InChI is InChI=1S/C29H33N3O7/c1-18(2)26(35)38-16-14-31-24(33)20(25(34)32(28(31)37)15-17-39-27(36)19(3)4)12-13-23-29(5,6)21-10-8-9-11-22(21)30(23)7/h8-12,33H,1,3,14-17H2,2,4-7H3.